The van der Waals surface area contributed by atoms with E-state index in [2.05, 4.69) is 12.2 Å². The van der Waals surface area contributed by atoms with Crippen LogP contribution in [0.15, 0.2) is 59.5 Å². The summed E-state index contributed by atoms with van der Waals surface area (Å²) in [7, 11) is -3.55. The van der Waals surface area contributed by atoms with E-state index in [-0.39, 0.29) is 16.4 Å². The van der Waals surface area contributed by atoms with Crippen LogP contribution in [0.25, 0.3) is 10.8 Å². The van der Waals surface area contributed by atoms with E-state index in [1.165, 1.54) is 12.1 Å². The highest BCUT2D eigenvalue weighted by molar-refractivity contribution is 7.90. The van der Waals surface area contributed by atoms with Crippen molar-refractivity contribution in [3.05, 3.63) is 65.7 Å². The lowest BCUT2D eigenvalue weighted by Crippen LogP contribution is -2.27. The minimum absolute atomic E-state index is 0.0191. The minimum Gasteiger partial charge on any atom is -0.321 e. The second-order valence-corrected chi connectivity index (χ2v) is 9.38. The van der Waals surface area contributed by atoms with Gasteiger partial charge in [-0.15, -0.1) is 0 Å². The number of sulfone groups is 1. The van der Waals surface area contributed by atoms with Gasteiger partial charge in [0.25, 0.3) is 11.8 Å². The number of carbonyl (C=O) groups is 2. The fraction of sp³-hybridized carbons (Fsp3) is 0.217. The van der Waals surface area contributed by atoms with Gasteiger partial charge >= 0.3 is 0 Å². The molecule has 0 radical (unpaired) electrons. The molecular formula is C23H22N2O4S. The molecule has 0 atom stereocenters. The fourth-order valence-corrected chi connectivity index (χ4v) is 4.75. The Kier molecular flexibility index (Phi) is 5.07. The molecule has 4 rings (SSSR count). The highest BCUT2D eigenvalue weighted by Crippen LogP contribution is 2.40. The third-order valence-electron chi connectivity index (χ3n) is 5.30. The summed E-state index contributed by atoms with van der Waals surface area (Å²) in [6.07, 6.45) is 2.97. The van der Waals surface area contributed by atoms with Crippen molar-refractivity contribution in [3.63, 3.8) is 0 Å². The first-order chi connectivity index (χ1) is 14.3. The lowest BCUT2D eigenvalue weighted by atomic mass is 10.0. The molecular weight excluding hydrogens is 400 g/mol. The van der Waals surface area contributed by atoms with Gasteiger partial charge < -0.3 is 10.2 Å². The summed E-state index contributed by atoms with van der Waals surface area (Å²) in [5.41, 5.74) is 2.08. The van der Waals surface area contributed by atoms with Gasteiger partial charge in [0.2, 0.25) is 0 Å². The molecule has 154 valence electrons. The summed E-state index contributed by atoms with van der Waals surface area (Å²) >= 11 is 0. The first-order valence-corrected chi connectivity index (χ1v) is 11.7. The minimum atomic E-state index is -3.55. The van der Waals surface area contributed by atoms with E-state index in [0.717, 1.165) is 35.6 Å². The van der Waals surface area contributed by atoms with Crippen molar-refractivity contribution >= 4 is 43.8 Å². The number of nitrogens with one attached hydrogen (secondary N) is 1. The van der Waals surface area contributed by atoms with Gasteiger partial charge in [-0.2, -0.15) is 0 Å². The van der Waals surface area contributed by atoms with Gasteiger partial charge in [-0.25, -0.2) is 8.42 Å². The summed E-state index contributed by atoms with van der Waals surface area (Å²) in [6, 6.07) is 15.2. The van der Waals surface area contributed by atoms with Crippen molar-refractivity contribution in [3.8, 4) is 0 Å². The number of carbonyl (C=O) groups excluding carboxylic acids is 2. The first-order valence-electron chi connectivity index (χ1n) is 9.81. The van der Waals surface area contributed by atoms with E-state index >= 15 is 0 Å². The lowest BCUT2D eigenvalue weighted by molar-refractivity contribution is 0.0990. The summed E-state index contributed by atoms with van der Waals surface area (Å²) in [5.74, 6) is -0.543. The fourth-order valence-electron chi connectivity index (χ4n) is 3.86. The molecule has 1 aliphatic rings. The predicted molar refractivity (Wildman–Crippen MR) is 118 cm³/mol. The number of benzene rings is 3. The van der Waals surface area contributed by atoms with Crippen LogP contribution in [0.4, 0.5) is 11.4 Å². The zero-order valence-electron chi connectivity index (χ0n) is 16.8. The molecule has 0 aromatic heterocycles. The lowest BCUT2D eigenvalue weighted by Gasteiger charge is -2.18. The molecule has 7 heteroatoms. The van der Waals surface area contributed by atoms with E-state index in [4.69, 9.17) is 0 Å². The second kappa shape index (κ2) is 7.57. The molecule has 0 spiro atoms. The highest BCUT2D eigenvalue weighted by atomic mass is 32.2. The molecule has 0 saturated carbocycles. The number of unbranched alkanes of at least 4 members (excludes halogenated alkanes) is 1. The molecule has 2 amide bonds. The van der Waals surface area contributed by atoms with E-state index < -0.39 is 15.7 Å². The van der Waals surface area contributed by atoms with Crippen LogP contribution in [0.2, 0.25) is 0 Å². The molecule has 3 aromatic carbocycles. The van der Waals surface area contributed by atoms with Crippen LogP contribution in [-0.4, -0.2) is 33.0 Å². The Bertz CT molecular complexity index is 1280. The van der Waals surface area contributed by atoms with E-state index in [9.17, 15) is 18.0 Å². The van der Waals surface area contributed by atoms with Crippen LogP contribution in [-0.2, 0) is 9.84 Å². The van der Waals surface area contributed by atoms with Crippen molar-refractivity contribution in [1.82, 2.24) is 0 Å². The van der Waals surface area contributed by atoms with Crippen molar-refractivity contribution in [2.45, 2.75) is 24.7 Å². The smallest absolute Gasteiger partial charge is 0.258 e. The maximum Gasteiger partial charge on any atom is 0.258 e. The summed E-state index contributed by atoms with van der Waals surface area (Å²) in [6.45, 7) is 2.73. The number of hydrogen-bond acceptors (Lipinski definition) is 4. The second-order valence-electron chi connectivity index (χ2n) is 7.39. The van der Waals surface area contributed by atoms with Crippen LogP contribution in [0, 0.1) is 0 Å². The highest BCUT2D eigenvalue weighted by Gasteiger charge is 2.30. The molecule has 0 fully saturated rings. The molecule has 1 N–H and O–H groups in total. The maximum atomic E-state index is 12.9. The summed E-state index contributed by atoms with van der Waals surface area (Å²) < 4.78 is 24.1. The number of anilines is 2. The molecule has 3 aromatic rings. The van der Waals surface area contributed by atoms with Gasteiger partial charge in [0.1, 0.15) is 0 Å². The van der Waals surface area contributed by atoms with Crippen molar-refractivity contribution in [2.75, 3.05) is 23.0 Å². The van der Waals surface area contributed by atoms with Crippen LogP contribution < -0.4 is 10.2 Å². The third-order valence-corrected chi connectivity index (χ3v) is 6.45. The van der Waals surface area contributed by atoms with Crippen LogP contribution in [0.3, 0.4) is 0 Å². The monoisotopic (exact) mass is 422 g/mol. The average molecular weight is 423 g/mol. The van der Waals surface area contributed by atoms with Gasteiger partial charge in [-0.3, -0.25) is 9.59 Å². The van der Waals surface area contributed by atoms with E-state index in [1.54, 1.807) is 35.2 Å². The molecule has 0 unspecified atom stereocenters. The van der Waals surface area contributed by atoms with Gasteiger partial charge in [-0.1, -0.05) is 37.6 Å². The summed E-state index contributed by atoms with van der Waals surface area (Å²) in [5, 5.41) is 4.40. The Morgan fingerprint density at radius 3 is 2.53 bits per heavy atom. The molecule has 0 bridgehead atoms. The third kappa shape index (κ3) is 3.35. The SMILES string of the molecule is CCCCN1C(=O)c2cccc3c(NC(=O)c4ccccc4S(C)(=O)=O)ccc1c23. The average Bonchev–Trinajstić information content (AvgIpc) is 3.00. The quantitative estimate of drug-likeness (QED) is 0.643. The summed E-state index contributed by atoms with van der Waals surface area (Å²) in [4.78, 5) is 27.6. The Labute approximate surface area is 175 Å². The van der Waals surface area contributed by atoms with Gasteiger partial charge in [0, 0.05) is 34.8 Å². The Morgan fingerprint density at radius 2 is 1.80 bits per heavy atom. The van der Waals surface area contributed by atoms with Crippen molar-refractivity contribution in [2.24, 2.45) is 0 Å². The first kappa shape index (κ1) is 20.1. The topological polar surface area (TPSA) is 83.6 Å². The maximum absolute atomic E-state index is 12.9. The number of nitrogens with zero attached hydrogens (tertiary/aromatic N) is 1. The number of rotatable bonds is 6. The molecule has 6 nitrogen and oxygen atoms in total. The van der Waals surface area contributed by atoms with Crippen LogP contribution in [0.1, 0.15) is 40.5 Å². The van der Waals surface area contributed by atoms with E-state index in [0.29, 0.717) is 17.8 Å². The van der Waals surface area contributed by atoms with Gasteiger partial charge in [0.15, 0.2) is 9.84 Å². The van der Waals surface area contributed by atoms with Gasteiger partial charge in [-0.05, 0) is 36.8 Å². The largest absolute Gasteiger partial charge is 0.321 e. The molecule has 0 aliphatic carbocycles. The molecule has 1 aliphatic heterocycles. The molecule has 30 heavy (non-hydrogen) atoms. The van der Waals surface area contributed by atoms with Crippen molar-refractivity contribution in [1.29, 1.82) is 0 Å². The zero-order valence-corrected chi connectivity index (χ0v) is 17.6. The van der Waals surface area contributed by atoms with Crippen LogP contribution in [0.5, 0.6) is 0 Å². The Hall–Kier alpha value is -3.19. The molecule has 0 saturated heterocycles. The predicted octanol–water partition coefficient (Wildman–Crippen LogP) is 4.26. The standard InChI is InChI=1S/C23H22N2O4S/c1-3-4-14-25-19-13-12-18(15-9-7-10-17(21(15)19)23(25)27)24-22(26)16-8-5-6-11-20(16)30(2,28)29/h5-13H,3-4,14H2,1-2H3,(H,24,26). The van der Waals surface area contributed by atoms with Gasteiger partial charge in [0.05, 0.1) is 16.1 Å². The number of amides is 2. The van der Waals surface area contributed by atoms with E-state index in [1.807, 2.05) is 12.1 Å². The Balaban J connectivity index is 1.76. The van der Waals surface area contributed by atoms with Crippen molar-refractivity contribution < 1.29 is 18.0 Å². The molecule has 1 heterocycles. The Morgan fingerprint density at radius 1 is 1.03 bits per heavy atom. The zero-order chi connectivity index (χ0) is 21.5. The van der Waals surface area contributed by atoms with Crippen LogP contribution >= 0.6 is 0 Å². The number of hydrogen-bond donors (Lipinski definition) is 1. The normalized spacial score (nSPS) is 13.1.